The van der Waals surface area contributed by atoms with Crippen molar-refractivity contribution in [2.75, 3.05) is 6.61 Å². The molecule has 0 fully saturated rings. The number of hydrogen-bond donors (Lipinski definition) is 3. The van der Waals surface area contributed by atoms with E-state index in [-0.39, 0.29) is 22.3 Å². The Kier molecular flexibility index (Phi) is 5.45. The monoisotopic (exact) mass is 415 g/mol. The van der Waals surface area contributed by atoms with Gasteiger partial charge in [0.25, 0.3) is 5.85 Å². The van der Waals surface area contributed by atoms with Gasteiger partial charge in [0.1, 0.15) is 11.2 Å². The van der Waals surface area contributed by atoms with E-state index in [1.807, 2.05) is 0 Å². The molecule has 3 rings (SSSR count). The van der Waals surface area contributed by atoms with Gasteiger partial charge in [-0.05, 0) is 24.1 Å². The van der Waals surface area contributed by atoms with E-state index in [0.29, 0.717) is 11.1 Å². The maximum atomic E-state index is 13.2. The van der Waals surface area contributed by atoms with Gasteiger partial charge in [0.2, 0.25) is 0 Å². The Morgan fingerprint density at radius 2 is 1.96 bits per heavy atom. The second-order valence-electron chi connectivity index (χ2n) is 5.96. The number of rotatable bonds is 6. The van der Waals surface area contributed by atoms with E-state index >= 15 is 0 Å². The molecule has 0 radical (unpaired) electrons. The van der Waals surface area contributed by atoms with Gasteiger partial charge in [0.15, 0.2) is 5.49 Å². The first kappa shape index (κ1) is 20.0. The zero-order valence-electron chi connectivity index (χ0n) is 14.1. The third kappa shape index (κ3) is 4.24. The molecule has 1 aliphatic heterocycles. The van der Waals surface area contributed by atoms with Gasteiger partial charge in [-0.15, -0.1) is 0 Å². The van der Waals surface area contributed by atoms with Crippen molar-refractivity contribution in [2.24, 2.45) is 15.9 Å². The van der Waals surface area contributed by atoms with Crippen LogP contribution >= 0.6 is 19.4 Å². The number of pyridine rings is 1. The largest absolute Gasteiger partial charge is 0.469 e. The molecule has 3 N–H and O–H groups in total. The van der Waals surface area contributed by atoms with Gasteiger partial charge in [-0.25, -0.2) is 23.9 Å². The van der Waals surface area contributed by atoms with Crippen molar-refractivity contribution in [2.45, 2.75) is 19.2 Å². The third-order valence-corrected chi connectivity index (χ3v) is 4.92. The molecule has 0 saturated heterocycles. The van der Waals surface area contributed by atoms with Crippen molar-refractivity contribution in [3.05, 3.63) is 52.1 Å². The summed E-state index contributed by atoms with van der Waals surface area (Å²) in [6, 6.07) is 5.55. The van der Waals surface area contributed by atoms with E-state index in [0.717, 1.165) is 0 Å². The van der Waals surface area contributed by atoms with Crippen LogP contribution in [-0.4, -0.2) is 32.3 Å². The Hall–Kier alpha value is -1.74. The third-order valence-electron chi connectivity index (χ3n) is 4.15. The number of aliphatic hydroxyl groups is 1. The first-order valence-electron chi connectivity index (χ1n) is 7.95. The Balaban J connectivity index is 2.08. The van der Waals surface area contributed by atoms with E-state index in [1.54, 1.807) is 6.92 Å². The number of fused-ring (bicyclic) bond motifs is 1. The first-order chi connectivity index (χ1) is 12.6. The van der Waals surface area contributed by atoms with Gasteiger partial charge >= 0.3 is 7.82 Å². The number of hydrogen-bond acceptors (Lipinski definition) is 6. The second kappa shape index (κ2) is 7.35. The number of phosphoric ester groups is 1. The quantitative estimate of drug-likeness (QED) is 0.615. The Morgan fingerprint density at radius 1 is 1.30 bits per heavy atom. The van der Waals surface area contributed by atoms with E-state index in [1.165, 1.54) is 30.5 Å². The highest BCUT2D eigenvalue weighted by Crippen LogP contribution is 2.38. The van der Waals surface area contributed by atoms with Crippen LogP contribution in [0, 0.1) is 11.7 Å². The standard InChI is InChI=1S/C16H16ClFN3O5P/c1-2-10(8-26-27(23,24)25)16(22)20-14-13(9-3-5-11(18)6-4-9)12(17)7-19-15(14)21-16/h3-7,10,22H,2,8H2,1H3,(H2,23,24,25). The van der Waals surface area contributed by atoms with E-state index in [2.05, 4.69) is 19.5 Å². The SMILES string of the molecule is CCC(COP(=O)(O)O)C1(O)N=c2ncc(Cl)c(-c3ccc(F)cc3)c2=N1. The molecule has 11 heteroatoms. The molecule has 8 nitrogen and oxygen atoms in total. The highest BCUT2D eigenvalue weighted by molar-refractivity contribution is 7.46. The lowest BCUT2D eigenvalue weighted by molar-refractivity contribution is -0.0275. The summed E-state index contributed by atoms with van der Waals surface area (Å²) in [6.07, 6.45) is 1.62. The van der Waals surface area contributed by atoms with Gasteiger partial charge in [-0.3, -0.25) is 4.52 Å². The highest BCUT2D eigenvalue weighted by atomic mass is 35.5. The van der Waals surface area contributed by atoms with E-state index in [4.69, 9.17) is 21.4 Å². The molecule has 2 heterocycles. The molecule has 0 aliphatic carbocycles. The van der Waals surface area contributed by atoms with Crippen LogP contribution in [0.2, 0.25) is 5.02 Å². The number of benzene rings is 1. The molecular formula is C16H16ClFN3O5P. The normalized spacial score (nSPS) is 19.9. The fraction of sp³-hybridized carbons (Fsp3) is 0.312. The predicted octanol–water partition coefficient (Wildman–Crippen LogP) is 1.58. The predicted molar refractivity (Wildman–Crippen MR) is 93.7 cm³/mol. The van der Waals surface area contributed by atoms with Gasteiger partial charge in [-0.1, -0.05) is 30.7 Å². The fourth-order valence-electron chi connectivity index (χ4n) is 2.77. The van der Waals surface area contributed by atoms with Crippen LogP contribution in [0.1, 0.15) is 13.3 Å². The van der Waals surface area contributed by atoms with Crippen molar-refractivity contribution in [1.82, 2.24) is 4.98 Å². The zero-order valence-corrected chi connectivity index (χ0v) is 15.7. The van der Waals surface area contributed by atoms with Crippen LogP contribution in [-0.2, 0) is 9.09 Å². The molecule has 27 heavy (non-hydrogen) atoms. The first-order valence-corrected chi connectivity index (χ1v) is 9.86. The molecule has 0 amide bonds. The van der Waals surface area contributed by atoms with Crippen LogP contribution in [0.3, 0.4) is 0 Å². The Morgan fingerprint density at radius 3 is 2.56 bits per heavy atom. The van der Waals surface area contributed by atoms with Crippen LogP contribution in [0.15, 0.2) is 40.4 Å². The molecule has 0 saturated carbocycles. The number of nitrogens with zero attached hydrogens (tertiary/aromatic N) is 3. The Bertz CT molecular complexity index is 1030. The van der Waals surface area contributed by atoms with E-state index in [9.17, 15) is 14.1 Å². The van der Waals surface area contributed by atoms with Crippen molar-refractivity contribution in [3.63, 3.8) is 0 Å². The Labute approximate surface area is 158 Å². The molecule has 2 unspecified atom stereocenters. The molecule has 0 spiro atoms. The van der Waals surface area contributed by atoms with Crippen LogP contribution < -0.4 is 10.8 Å². The summed E-state index contributed by atoms with van der Waals surface area (Å²) in [7, 11) is -4.71. The average molecular weight is 416 g/mol. The fourth-order valence-corrected chi connectivity index (χ4v) is 3.39. The van der Waals surface area contributed by atoms with Gasteiger partial charge in [0.05, 0.1) is 17.5 Å². The van der Waals surface area contributed by atoms with Gasteiger partial charge < -0.3 is 14.9 Å². The summed E-state index contributed by atoms with van der Waals surface area (Å²) in [4.78, 5) is 30.2. The summed E-state index contributed by atoms with van der Waals surface area (Å²) in [6.45, 7) is 1.23. The molecule has 1 aromatic carbocycles. The maximum absolute atomic E-state index is 13.2. The van der Waals surface area contributed by atoms with Crippen molar-refractivity contribution < 1.29 is 28.4 Å². The molecule has 1 aliphatic rings. The minimum Gasteiger partial charge on any atom is -0.351 e. The lowest BCUT2D eigenvalue weighted by Crippen LogP contribution is -2.36. The minimum atomic E-state index is -4.71. The summed E-state index contributed by atoms with van der Waals surface area (Å²) in [5.41, 5.74) is 1.10. The molecule has 0 bridgehead atoms. The topological polar surface area (TPSA) is 125 Å². The van der Waals surface area contributed by atoms with Crippen molar-refractivity contribution in [3.8, 4) is 11.1 Å². The maximum Gasteiger partial charge on any atom is 0.469 e. The van der Waals surface area contributed by atoms with Crippen LogP contribution in [0.4, 0.5) is 4.39 Å². The number of halogens is 2. The van der Waals surface area contributed by atoms with Gasteiger partial charge in [0, 0.05) is 11.8 Å². The van der Waals surface area contributed by atoms with Gasteiger partial charge in [-0.2, -0.15) is 0 Å². The summed E-state index contributed by atoms with van der Waals surface area (Å²) in [5, 5.41) is 11.3. The lowest BCUT2D eigenvalue weighted by Gasteiger charge is -2.25. The average Bonchev–Trinajstić information content (AvgIpc) is 2.92. The van der Waals surface area contributed by atoms with E-state index < -0.39 is 32.0 Å². The summed E-state index contributed by atoms with van der Waals surface area (Å²) < 4.78 is 28.7. The summed E-state index contributed by atoms with van der Waals surface area (Å²) in [5.74, 6) is -3.27. The number of phosphoric acid groups is 1. The van der Waals surface area contributed by atoms with Crippen molar-refractivity contribution in [1.29, 1.82) is 0 Å². The van der Waals surface area contributed by atoms with Crippen LogP contribution in [0.5, 0.6) is 0 Å². The molecule has 2 atom stereocenters. The molecule has 144 valence electrons. The molecule has 2 aromatic rings. The lowest BCUT2D eigenvalue weighted by atomic mass is 10.0. The highest BCUT2D eigenvalue weighted by Gasteiger charge is 2.39. The molecular weight excluding hydrogens is 400 g/mol. The minimum absolute atomic E-state index is 0.121. The molecule has 1 aromatic heterocycles. The smallest absolute Gasteiger partial charge is 0.351 e. The zero-order chi connectivity index (χ0) is 19.8. The second-order valence-corrected chi connectivity index (χ2v) is 7.61. The van der Waals surface area contributed by atoms with Crippen molar-refractivity contribution >= 4 is 19.4 Å². The number of aromatic nitrogens is 1. The summed E-state index contributed by atoms with van der Waals surface area (Å²) >= 11 is 6.24. The van der Waals surface area contributed by atoms with Crippen LogP contribution in [0.25, 0.3) is 11.1 Å².